The quantitative estimate of drug-likeness (QED) is 0.903. The number of carbonyl (C=O) groups excluding carboxylic acids is 1. The number of rotatable bonds is 3. The van der Waals surface area contributed by atoms with E-state index in [1.165, 1.54) is 6.07 Å². The Kier molecular flexibility index (Phi) is 2.85. The second-order valence-corrected chi connectivity index (χ2v) is 5.33. The molecule has 20 heavy (non-hydrogen) atoms. The number of aromatic amines is 1. The highest BCUT2D eigenvalue weighted by atomic mass is 19.1. The minimum Gasteiger partial charge on any atom is -0.322 e. The molecule has 2 N–H and O–H groups in total. The SMILES string of the molecule is Cc1n[nH]c(C)c1NC(=O)C1(c2ccccc2F)CC1. The van der Waals surface area contributed by atoms with Gasteiger partial charge >= 0.3 is 0 Å². The highest BCUT2D eigenvalue weighted by molar-refractivity contribution is 6.02. The first-order valence-electron chi connectivity index (χ1n) is 6.62. The van der Waals surface area contributed by atoms with Crippen molar-refractivity contribution in [2.24, 2.45) is 0 Å². The molecule has 1 aromatic heterocycles. The number of anilines is 1. The van der Waals surface area contributed by atoms with Crippen LogP contribution in [0.15, 0.2) is 24.3 Å². The summed E-state index contributed by atoms with van der Waals surface area (Å²) in [6.45, 7) is 3.67. The van der Waals surface area contributed by atoms with Gasteiger partial charge in [-0.05, 0) is 32.8 Å². The third-order valence-electron chi connectivity index (χ3n) is 3.94. The molecule has 0 spiro atoms. The zero-order valence-corrected chi connectivity index (χ0v) is 11.5. The number of hydrogen-bond donors (Lipinski definition) is 2. The first-order valence-corrected chi connectivity index (χ1v) is 6.62. The second kappa shape index (κ2) is 4.44. The summed E-state index contributed by atoms with van der Waals surface area (Å²) in [5.74, 6) is -0.476. The normalized spacial score (nSPS) is 15.9. The van der Waals surface area contributed by atoms with Gasteiger partial charge in [0.25, 0.3) is 0 Å². The van der Waals surface area contributed by atoms with E-state index in [1.807, 2.05) is 13.8 Å². The molecule has 0 bridgehead atoms. The van der Waals surface area contributed by atoms with E-state index in [1.54, 1.807) is 18.2 Å². The average molecular weight is 273 g/mol. The number of carbonyl (C=O) groups is 1. The predicted molar refractivity (Wildman–Crippen MR) is 74.0 cm³/mol. The van der Waals surface area contributed by atoms with Gasteiger partial charge in [-0.1, -0.05) is 18.2 Å². The summed E-state index contributed by atoms with van der Waals surface area (Å²) in [5, 5.41) is 9.76. The minimum atomic E-state index is -0.721. The van der Waals surface area contributed by atoms with Crippen molar-refractivity contribution in [2.75, 3.05) is 5.32 Å². The van der Waals surface area contributed by atoms with Crippen molar-refractivity contribution in [3.05, 3.63) is 47.0 Å². The molecule has 1 fully saturated rings. The van der Waals surface area contributed by atoms with Gasteiger partial charge in [-0.15, -0.1) is 0 Å². The fraction of sp³-hybridized carbons (Fsp3) is 0.333. The van der Waals surface area contributed by atoms with Crippen molar-refractivity contribution < 1.29 is 9.18 Å². The molecule has 0 unspecified atom stereocenters. The molecule has 1 saturated carbocycles. The number of aromatic nitrogens is 2. The summed E-state index contributed by atoms with van der Waals surface area (Å²) in [4.78, 5) is 12.5. The molecule has 0 aliphatic heterocycles. The Morgan fingerprint density at radius 1 is 1.35 bits per heavy atom. The molecule has 0 atom stereocenters. The van der Waals surface area contributed by atoms with Crippen LogP contribution in [0.2, 0.25) is 0 Å². The summed E-state index contributed by atoms with van der Waals surface area (Å²) in [6, 6.07) is 6.49. The van der Waals surface area contributed by atoms with E-state index in [4.69, 9.17) is 0 Å². The standard InChI is InChI=1S/C15H16FN3O/c1-9-13(10(2)19-18-9)17-14(20)15(7-8-15)11-5-3-4-6-12(11)16/h3-6H,7-8H2,1-2H3,(H,17,20)(H,18,19). The molecule has 4 nitrogen and oxygen atoms in total. The Bertz CT molecular complexity index is 654. The van der Waals surface area contributed by atoms with E-state index < -0.39 is 5.41 Å². The van der Waals surface area contributed by atoms with E-state index in [-0.39, 0.29) is 11.7 Å². The van der Waals surface area contributed by atoms with Crippen LogP contribution in [0.5, 0.6) is 0 Å². The number of amides is 1. The van der Waals surface area contributed by atoms with Crippen molar-refractivity contribution in [2.45, 2.75) is 32.1 Å². The number of aryl methyl sites for hydroxylation is 2. The topological polar surface area (TPSA) is 57.8 Å². The molecule has 1 amide bonds. The lowest BCUT2D eigenvalue weighted by Gasteiger charge is -2.16. The van der Waals surface area contributed by atoms with Crippen LogP contribution in [0.25, 0.3) is 0 Å². The summed E-state index contributed by atoms with van der Waals surface area (Å²) in [6.07, 6.45) is 1.35. The van der Waals surface area contributed by atoms with Gasteiger partial charge < -0.3 is 5.32 Å². The maximum Gasteiger partial charge on any atom is 0.235 e. The number of H-pyrrole nitrogens is 1. The van der Waals surface area contributed by atoms with Crippen LogP contribution in [0.4, 0.5) is 10.1 Å². The third kappa shape index (κ3) is 1.90. The third-order valence-corrected chi connectivity index (χ3v) is 3.94. The molecular weight excluding hydrogens is 257 g/mol. The maximum absolute atomic E-state index is 13.9. The molecule has 0 radical (unpaired) electrons. The highest BCUT2D eigenvalue weighted by Gasteiger charge is 2.52. The average Bonchev–Trinajstić information content (AvgIpc) is 3.18. The highest BCUT2D eigenvalue weighted by Crippen LogP contribution is 2.49. The molecule has 1 aliphatic rings. The van der Waals surface area contributed by atoms with Crippen LogP contribution in [0.1, 0.15) is 29.8 Å². The Balaban J connectivity index is 1.90. The number of nitrogens with one attached hydrogen (secondary N) is 2. The van der Waals surface area contributed by atoms with Crippen molar-refractivity contribution in [1.29, 1.82) is 0 Å². The molecule has 0 saturated heterocycles. The van der Waals surface area contributed by atoms with Crippen molar-refractivity contribution >= 4 is 11.6 Å². The maximum atomic E-state index is 13.9. The summed E-state index contributed by atoms with van der Waals surface area (Å²) >= 11 is 0. The first kappa shape index (κ1) is 12.8. The first-order chi connectivity index (χ1) is 9.54. The minimum absolute atomic E-state index is 0.157. The smallest absolute Gasteiger partial charge is 0.235 e. The Morgan fingerprint density at radius 2 is 2.05 bits per heavy atom. The molecule has 5 heteroatoms. The van der Waals surface area contributed by atoms with E-state index >= 15 is 0 Å². The molecule has 1 aromatic carbocycles. The van der Waals surface area contributed by atoms with Crippen LogP contribution >= 0.6 is 0 Å². The second-order valence-electron chi connectivity index (χ2n) is 5.33. The summed E-state index contributed by atoms with van der Waals surface area (Å²) in [5.41, 5.74) is 2.00. The lowest BCUT2D eigenvalue weighted by molar-refractivity contribution is -0.118. The summed E-state index contributed by atoms with van der Waals surface area (Å²) in [7, 11) is 0. The van der Waals surface area contributed by atoms with Gasteiger partial charge in [-0.25, -0.2) is 4.39 Å². The van der Waals surface area contributed by atoms with E-state index in [2.05, 4.69) is 15.5 Å². The Hall–Kier alpha value is -2.17. The van der Waals surface area contributed by atoms with Crippen LogP contribution < -0.4 is 5.32 Å². The van der Waals surface area contributed by atoms with Crippen LogP contribution in [0, 0.1) is 19.7 Å². The fourth-order valence-electron chi connectivity index (χ4n) is 2.56. The number of hydrogen-bond acceptors (Lipinski definition) is 2. The van der Waals surface area contributed by atoms with Crippen molar-refractivity contribution in [3.63, 3.8) is 0 Å². The van der Waals surface area contributed by atoms with Gasteiger partial charge in [0.2, 0.25) is 5.91 Å². The largest absolute Gasteiger partial charge is 0.322 e. The molecule has 2 aromatic rings. The number of nitrogens with zero attached hydrogens (tertiary/aromatic N) is 1. The van der Waals surface area contributed by atoms with Crippen LogP contribution in [-0.4, -0.2) is 16.1 Å². The van der Waals surface area contributed by atoms with Gasteiger partial charge in [-0.3, -0.25) is 9.89 Å². The van der Waals surface area contributed by atoms with Gasteiger partial charge in [-0.2, -0.15) is 5.10 Å². The zero-order valence-electron chi connectivity index (χ0n) is 11.5. The number of halogens is 1. The predicted octanol–water partition coefficient (Wildman–Crippen LogP) is 2.84. The molecule has 1 aliphatic carbocycles. The van der Waals surface area contributed by atoms with Crippen molar-refractivity contribution in [1.82, 2.24) is 10.2 Å². The lowest BCUT2D eigenvalue weighted by atomic mass is 9.94. The van der Waals surface area contributed by atoms with Gasteiger partial charge in [0.1, 0.15) is 5.82 Å². The molecule has 1 heterocycles. The van der Waals surface area contributed by atoms with Crippen molar-refractivity contribution in [3.8, 4) is 0 Å². The van der Waals surface area contributed by atoms with E-state index in [9.17, 15) is 9.18 Å². The fourth-order valence-corrected chi connectivity index (χ4v) is 2.56. The monoisotopic (exact) mass is 273 g/mol. The molecule has 3 rings (SSSR count). The van der Waals surface area contributed by atoms with Gasteiger partial charge in [0, 0.05) is 5.56 Å². The van der Waals surface area contributed by atoms with Crippen LogP contribution in [0.3, 0.4) is 0 Å². The molecular formula is C15H16FN3O. The zero-order chi connectivity index (χ0) is 14.3. The van der Waals surface area contributed by atoms with E-state index in [0.29, 0.717) is 24.1 Å². The van der Waals surface area contributed by atoms with E-state index in [0.717, 1.165) is 11.4 Å². The lowest BCUT2D eigenvalue weighted by Crippen LogP contribution is -2.29. The van der Waals surface area contributed by atoms with Gasteiger partial charge in [0.15, 0.2) is 0 Å². The molecule has 104 valence electrons. The van der Waals surface area contributed by atoms with Gasteiger partial charge in [0.05, 0.1) is 22.5 Å². The Labute approximate surface area is 116 Å². The Morgan fingerprint density at radius 3 is 2.60 bits per heavy atom. The van der Waals surface area contributed by atoms with Crippen LogP contribution in [-0.2, 0) is 10.2 Å². The number of benzene rings is 1. The summed E-state index contributed by atoms with van der Waals surface area (Å²) < 4.78 is 13.9.